The van der Waals surface area contributed by atoms with Crippen LogP contribution >= 0.6 is 0 Å². The number of rotatable bonds is 2. The topological polar surface area (TPSA) is 28.7 Å². The number of benzene rings is 1. The van der Waals surface area contributed by atoms with E-state index in [9.17, 15) is 13.2 Å². The third-order valence-electron chi connectivity index (χ3n) is 3.57. The second kappa shape index (κ2) is 5.57. The molecular weight excluding hydrogens is 301 g/mol. The molecule has 1 N–H and O–H groups in total. The molecule has 0 saturated carbocycles. The molecule has 0 aliphatic heterocycles. The number of nitrogens with zero attached hydrogens (tertiary/aromatic N) is 1. The van der Waals surface area contributed by atoms with Crippen LogP contribution in [-0.4, -0.2) is 9.97 Å². The summed E-state index contributed by atoms with van der Waals surface area (Å²) in [6.45, 7) is 3.84. The summed E-state index contributed by atoms with van der Waals surface area (Å²) in [4.78, 5) is 6.71. The maximum Gasteiger partial charge on any atom is 0.431 e. The van der Waals surface area contributed by atoms with Crippen molar-refractivity contribution >= 4 is 0 Å². The van der Waals surface area contributed by atoms with Crippen LogP contribution in [0.25, 0.3) is 22.5 Å². The van der Waals surface area contributed by atoms with Gasteiger partial charge in [0.25, 0.3) is 0 Å². The smallest absolute Gasteiger partial charge is 0.350 e. The minimum atomic E-state index is -4.43. The van der Waals surface area contributed by atoms with Crippen molar-refractivity contribution in [3.63, 3.8) is 0 Å². The highest BCUT2D eigenvalue weighted by molar-refractivity contribution is 5.81. The number of nitrogens with one attached hydrogen (secondary N) is 1. The lowest BCUT2D eigenvalue weighted by atomic mass is 10.0. The summed E-state index contributed by atoms with van der Waals surface area (Å²) < 4.78 is 39.4. The highest BCUT2D eigenvalue weighted by Gasteiger charge is 2.34. The van der Waals surface area contributed by atoms with Gasteiger partial charge in [0.15, 0.2) is 0 Å². The Balaban J connectivity index is 2.24. The molecule has 2 heterocycles. The Morgan fingerprint density at radius 3 is 2.22 bits per heavy atom. The van der Waals surface area contributed by atoms with Crippen LogP contribution in [0.1, 0.15) is 16.8 Å². The fourth-order valence-electron chi connectivity index (χ4n) is 2.68. The molecule has 0 unspecified atom stereocenters. The Bertz CT molecular complexity index is 813. The SMILES string of the molecule is Cc1cc(C)cc(-c2[nH]c(C(F)(F)F)cc2-c2ccccn2)c1. The molecule has 0 saturated heterocycles. The predicted molar refractivity (Wildman–Crippen MR) is 83.9 cm³/mol. The number of hydrogen-bond acceptors (Lipinski definition) is 1. The molecule has 2 nitrogen and oxygen atoms in total. The molecule has 0 fully saturated rings. The Morgan fingerprint density at radius 2 is 1.65 bits per heavy atom. The Labute approximate surface area is 132 Å². The molecule has 3 aromatic rings. The summed E-state index contributed by atoms with van der Waals surface area (Å²) in [6, 6.07) is 12.0. The second-order valence-corrected chi connectivity index (χ2v) is 5.56. The number of pyridine rings is 1. The summed E-state index contributed by atoms with van der Waals surface area (Å²) in [7, 11) is 0. The van der Waals surface area contributed by atoms with Crippen LogP contribution in [0.15, 0.2) is 48.7 Å². The van der Waals surface area contributed by atoms with E-state index in [0.717, 1.165) is 22.8 Å². The van der Waals surface area contributed by atoms with E-state index in [1.807, 2.05) is 32.0 Å². The molecule has 0 radical (unpaired) electrons. The van der Waals surface area contributed by atoms with E-state index in [0.29, 0.717) is 17.0 Å². The monoisotopic (exact) mass is 316 g/mol. The number of H-pyrrole nitrogens is 1. The van der Waals surface area contributed by atoms with Crippen LogP contribution in [0.2, 0.25) is 0 Å². The fourth-order valence-corrected chi connectivity index (χ4v) is 2.68. The lowest BCUT2D eigenvalue weighted by molar-refractivity contribution is -0.140. The van der Waals surface area contributed by atoms with Gasteiger partial charge in [0, 0.05) is 11.8 Å². The van der Waals surface area contributed by atoms with Crippen molar-refractivity contribution in [1.82, 2.24) is 9.97 Å². The number of aryl methyl sites for hydroxylation is 2. The zero-order valence-electron chi connectivity index (χ0n) is 12.7. The van der Waals surface area contributed by atoms with Crippen LogP contribution < -0.4 is 0 Å². The number of hydrogen-bond donors (Lipinski definition) is 1. The number of halogens is 3. The molecule has 0 amide bonds. The molecule has 23 heavy (non-hydrogen) atoms. The third-order valence-corrected chi connectivity index (χ3v) is 3.57. The maximum atomic E-state index is 13.1. The fraction of sp³-hybridized carbons (Fsp3) is 0.167. The van der Waals surface area contributed by atoms with Crippen molar-refractivity contribution < 1.29 is 13.2 Å². The van der Waals surface area contributed by atoms with E-state index in [-0.39, 0.29) is 0 Å². The second-order valence-electron chi connectivity index (χ2n) is 5.56. The molecule has 0 atom stereocenters. The molecule has 3 rings (SSSR count). The first-order valence-corrected chi connectivity index (χ1v) is 7.15. The lowest BCUT2D eigenvalue weighted by Gasteiger charge is -2.07. The van der Waals surface area contributed by atoms with Crippen LogP contribution in [0.4, 0.5) is 13.2 Å². The van der Waals surface area contributed by atoms with Gasteiger partial charge in [0.1, 0.15) is 5.69 Å². The summed E-state index contributed by atoms with van der Waals surface area (Å²) >= 11 is 0. The van der Waals surface area contributed by atoms with Crippen LogP contribution in [0, 0.1) is 13.8 Å². The van der Waals surface area contributed by atoms with Gasteiger partial charge < -0.3 is 4.98 Å². The van der Waals surface area contributed by atoms with E-state index in [1.54, 1.807) is 24.4 Å². The van der Waals surface area contributed by atoms with Gasteiger partial charge in [0.05, 0.1) is 11.4 Å². The molecule has 2 aromatic heterocycles. The molecule has 0 spiro atoms. The third kappa shape index (κ3) is 3.13. The van der Waals surface area contributed by atoms with Crippen molar-refractivity contribution in [2.45, 2.75) is 20.0 Å². The summed E-state index contributed by atoms with van der Waals surface area (Å²) in [5.74, 6) is 0. The van der Waals surface area contributed by atoms with Crippen molar-refractivity contribution in [3.8, 4) is 22.5 Å². The van der Waals surface area contributed by atoms with Gasteiger partial charge in [-0.05, 0) is 49.7 Å². The van der Waals surface area contributed by atoms with Crippen LogP contribution in [0.3, 0.4) is 0 Å². The van der Waals surface area contributed by atoms with Crippen LogP contribution in [-0.2, 0) is 6.18 Å². The first-order valence-electron chi connectivity index (χ1n) is 7.15. The molecule has 118 valence electrons. The van der Waals surface area contributed by atoms with E-state index >= 15 is 0 Å². The molecule has 0 bridgehead atoms. The van der Waals surface area contributed by atoms with Crippen molar-refractivity contribution in [2.75, 3.05) is 0 Å². The highest BCUT2D eigenvalue weighted by Crippen LogP contribution is 2.38. The standard InChI is InChI=1S/C18H15F3N2/c1-11-7-12(2)9-13(8-11)17-14(15-5-3-4-6-22-15)10-16(23-17)18(19,20)21/h3-10,23H,1-2H3. The van der Waals surface area contributed by atoms with Gasteiger partial charge >= 0.3 is 6.18 Å². The van der Waals surface area contributed by atoms with E-state index < -0.39 is 11.9 Å². The molecule has 1 aromatic carbocycles. The largest absolute Gasteiger partial charge is 0.431 e. The minimum Gasteiger partial charge on any atom is -0.350 e. The molecule has 5 heteroatoms. The molecule has 0 aliphatic rings. The quantitative estimate of drug-likeness (QED) is 0.675. The van der Waals surface area contributed by atoms with E-state index in [2.05, 4.69) is 9.97 Å². The first kappa shape index (κ1) is 15.3. The highest BCUT2D eigenvalue weighted by atomic mass is 19.4. The summed E-state index contributed by atoms with van der Waals surface area (Å²) in [6.07, 6.45) is -2.86. The van der Waals surface area contributed by atoms with Crippen LogP contribution in [0.5, 0.6) is 0 Å². The van der Waals surface area contributed by atoms with Gasteiger partial charge in [-0.2, -0.15) is 13.2 Å². The number of aromatic nitrogens is 2. The Morgan fingerprint density at radius 1 is 0.957 bits per heavy atom. The minimum absolute atomic E-state index is 0.433. The van der Waals surface area contributed by atoms with Gasteiger partial charge in [-0.1, -0.05) is 23.3 Å². The lowest BCUT2D eigenvalue weighted by Crippen LogP contribution is -2.04. The van der Waals surface area contributed by atoms with Gasteiger partial charge in [-0.3, -0.25) is 4.98 Å². The number of alkyl halides is 3. The van der Waals surface area contributed by atoms with Gasteiger partial charge in [-0.25, -0.2) is 0 Å². The zero-order chi connectivity index (χ0) is 16.6. The average Bonchev–Trinajstić information content (AvgIpc) is 2.92. The van der Waals surface area contributed by atoms with Gasteiger partial charge in [0.2, 0.25) is 0 Å². The van der Waals surface area contributed by atoms with Crippen molar-refractivity contribution in [1.29, 1.82) is 0 Å². The molecule has 0 aliphatic carbocycles. The Kier molecular flexibility index (Phi) is 3.72. The van der Waals surface area contributed by atoms with Gasteiger partial charge in [-0.15, -0.1) is 0 Å². The first-order chi connectivity index (χ1) is 10.8. The van der Waals surface area contributed by atoms with Crippen molar-refractivity contribution in [3.05, 3.63) is 65.5 Å². The maximum absolute atomic E-state index is 13.1. The Hall–Kier alpha value is -2.56. The average molecular weight is 316 g/mol. The predicted octanol–water partition coefficient (Wildman–Crippen LogP) is 5.38. The number of aromatic amines is 1. The zero-order valence-corrected chi connectivity index (χ0v) is 12.7. The van der Waals surface area contributed by atoms with Crippen molar-refractivity contribution in [2.24, 2.45) is 0 Å². The van der Waals surface area contributed by atoms with E-state index in [1.165, 1.54) is 0 Å². The normalized spacial score (nSPS) is 11.7. The summed E-state index contributed by atoms with van der Waals surface area (Å²) in [5, 5.41) is 0. The van der Waals surface area contributed by atoms with E-state index in [4.69, 9.17) is 0 Å². The molecular formula is C18H15F3N2. The summed E-state index contributed by atoms with van der Waals surface area (Å²) in [5.41, 5.74) is 3.33.